The van der Waals surface area contributed by atoms with Crippen molar-refractivity contribution in [3.8, 4) is 0 Å². The van der Waals surface area contributed by atoms with E-state index in [9.17, 15) is 0 Å². The Labute approximate surface area is 119 Å². The van der Waals surface area contributed by atoms with Crippen LogP contribution in [0.5, 0.6) is 0 Å². The SMILES string of the molecule is c1cnc2c(c1)c(CNC1CC1)cn2COCC1CC1. The predicted octanol–water partition coefficient (Wildman–Crippen LogP) is 2.67. The molecule has 2 heterocycles. The summed E-state index contributed by atoms with van der Waals surface area (Å²) in [5.74, 6) is 0.806. The van der Waals surface area contributed by atoms with Crippen molar-refractivity contribution in [1.82, 2.24) is 14.9 Å². The van der Waals surface area contributed by atoms with Gasteiger partial charge in [0.15, 0.2) is 0 Å². The molecule has 0 unspecified atom stereocenters. The molecule has 0 aliphatic heterocycles. The predicted molar refractivity (Wildman–Crippen MR) is 78.3 cm³/mol. The summed E-state index contributed by atoms with van der Waals surface area (Å²) in [6.45, 7) is 2.44. The molecule has 2 aromatic rings. The number of hydrogen-bond donors (Lipinski definition) is 1. The molecule has 0 atom stereocenters. The standard InChI is InChI=1S/C16H21N3O/c1-2-15-13(8-18-14-5-6-14)9-19(16(15)17-7-1)11-20-10-12-3-4-12/h1-2,7,9,12,14,18H,3-6,8,10-11H2. The van der Waals surface area contributed by atoms with Crippen molar-refractivity contribution in [3.05, 3.63) is 30.1 Å². The fourth-order valence-corrected chi connectivity index (χ4v) is 2.58. The molecule has 2 aliphatic rings. The van der Waals surface area contributed by atoms with Crippen molar-refractivity contribution in [2.75, 3.05) is 6.61 Å². The molecule has 4 rings (SSSR count). The second-order valence-corrected chi connectivity index (χ2v) is 6.10. The fourth-order valence-electron chi connectivity index (χ4n) is 2.58. The molecule has 4 nitrogen and oxygen atoms in total. The van der Waals surface area contributed by atoms with Gasteiger partial charge in [-0.2, -0.15) is 0 Å². The molecule has 0 bridgehead atoms. The first kappa shape index (κ1) is 12.4. The van der Waals surface area contributed by atoms with Crippen LogP contribution in [0, 0.1) is 5.92 Å². The van der Waals surface area contributed by atoms with E-state index in [1.54, 1.807) is 0 Å². The molecular formula is C16H21N3O. The smallest absolute Gasteiger partial charge is 0.142 e. The minimum Gasteiger partial charge on any atom is -0.360 e. The Bertz CT molecular complexity index is 599. The van der Waals surface area contributed by atoms with Crippen molar-refractivity contribution in [1.29, 1.82) is 0 Å². The number of hydrogen-bond acceptors (Lipinski definition) is 3. The molecule has 0 aromatic carbocycles. The lowest BCUT2D eigenvalue weighted by Crippen LogP contribution is -2.15. The molecule has 0 saturated heterocycles. The van der Waals surface area contributed by atoms with Crippen LogP contribution < -0.4 is 5.32 Å². The monoisotopic (exact) mass is 271 g/mol. The molecule has 2 aliphatic carbocycles. The van der Waals surface area contributed by atoms with Gasteiger partial charge in [-0.15, -0.1) is 0 Å². The summed E-state index contributed by atoms with van der Waals surface area (Å²) in [4.78, 5) is 4.51. The molecule has 0 amide bonds. The van der Waals surface area contributed by atoms with Crippen LogP contribution >= 0.6 is 0 Å². The van der Waals surface area contributed by atoms with E-state index in [2.05, 4.69) is 27.1 Å². The zero-order valence-corrected chi connectivity index (χ0v) is 11.7. The minimum atomic E-state index is 0.618. The molecule has 1 N–H and O–H groups in total. The normalized spacial score (nSPS) is 18.8. The van der Waals surface area contributed by atoms with E-state index in [4.69, 9.17) is 4.74 Å². The highest BCUT2D eigenvalue weighted by molar-refractivity contribution is 5.80. The van der Waals surface area contributed by atoms with Crippen LogP contribution in [0.4, 0.5) is 0 Å². The Morgan fingerprint density at radius 2 is 2.20 bits per heavy atom. The summed E-state index contributed by atoms with van der Waals surface area (Å²) in [5.41, 5.74) is 2.37. The maximum atomic E-state index is 5.81. The van der Waals surface area contributed by atoms with Gasteiger partial charge < -0.3 is 14.6 Å². The van der Waals surface area contributed by atoms with Crippen molar-refractivity contribution in [2.24, 2.45) is 5.92 Å². The molecular weight excluding hydrogens is 250 g/mol. The molecule has 20 heavy (non-hydrogen) atoms. The van der Waals surface area contributed by atoms with Crippen LogP contribution in [0.25, 0.3) is 11.0 Å². The highest BCUT2D eigenvalue weighted by Crippen LogP contribution is 2.29. The second-order valence-electron chi connectivity index (χ2n) is 6.10. The molecule has 2 fully saturated rings. The molecule has 2 aromatic heterocycles. The van der Waals surface area contributed by atoms with Gasteiger partial charge >= 0.3 is 0 Å². The van der Waals surface area contributed by atoms with E-state index in [1.165, 1.54) is 36.6 Å². The van der Waals surface area contributed by atoms with Crippen molar-refractivity contribution in [2.45, 2.75) is 45.0 Å². The molecule has 2 saturated carbocycles. The van der Waals surface area contributed by atoms with Crippen LogP contribution in [0.1, 0.15) is 31.2 Å². The van der Waals surface area contributed by atoms with Crippen LogP contribution in [0.3, 0.4) is 0 Å². The van der Waals surface area contributed by atoms with Gasteiger partial charge in [0.05, 0.1) is 6.61 Å². The number of fused-ring (bicyclic) bond motifs is 1. The van der Waals surface area contributed by atoms with Gasteiger partial charge in [0.1, 0.15) is 12.4 Å². The number of rotatable bonds is 7. The van der Waals surface area contributed by atoms with E-state index < -0.39 is 0 Å². The molecule has 0 radical (unpaired) electrons. The number of nitrogens with zero attached hydrogens (tertiary/aromatic N) is 2. The summed E-state index contributed by atoms with van der Waals surface area (Å²) in [7, 11) is 0. The van der Waals surface area contributed by atoms with E-state index in [0.717, 1.165) is 30.8 Å². The Hall–Kier alpha value is -1.39. The van der Waals surface area contributed by atoms with Crippen molar-refractivity contribution in [3.63, 3.8) is 0 Å². The van der Waals surface area contributed by atoms with E-state index >= 15 is 0 Å². The summed E-state index contributed by atoms with van der Waals surface area (Å²) in [5, 5.41) is 4.83. The summed E-state index contributed by atoms with van der Waals surface area (Å²) in [6.07, 6.45) is 9.36. The fraction of sp³-hybridized carbons (Fsp3) is 0.562. The zero-order valence-electron chi connectivity index (χ0n) is 11.7. The number of pyridine rings is 1. The Kier molecular flexibility index (Phi) is 3.20. The highest BCUT2D eigenvalue weighted by Gasteiger charge is 2.22. The first-order chi connectivity index (χ1) is 9.90. The third-order valence-corrected chi connectivity index (χ3v) is 4.16. The molecule has 4 heteroatoms. The van der Waals surface area contributed by atoms with E-state index in [1.807, 2.05) is 12.3 Å². The average Bonchev–Trinajstić information content (AvgIpc) is 3.37. The van der Waals surface area contributed by atoms with Crippen LogP contribution in [-0.2, 0) is 18.0 Å². The zero-order chi connectivity index (χ0) is 13.4. The second kappa shape index (κ2) is 5.19. The van der Waals surface area contributed by atoms with Gasteiger partial charge in [0.2, 0.25) is 0 Å². The quantitative estimate of drug-likeness (QED) is 0.841. The average molecular weight is 271 g/mol. The van der Waals surface area contributed by atoms with Gasteiger partial charge in [-0.1, -0.05) is 0 Å². The third-order valence-electron chi connectivity index (χ3n) is 4.16. The number of nitrogens with one attached hydrogen (secondary N) is 1. The first-order valence-electron chi connectivity index (χ1n) is 7.64. The van der Waals surface area contributed by atoms with Crippen LogP contribution in [0.15, 0.2) is 24.5 Å². The van der Waals surface area contributed by atoms with Crippen molar-refractivity contribution >= 4 is 11.0 Å². The molecule has 106 valence electrons. The maximum absolute atomic E-state index is 5.81. The minimum absolute atomic E-state index is 0.618. The number of ether oxygens (including phenoxy) is 1. The number of aromatic nitrogens is 2. The Morgan fingerprint density at radius 1 is 1.30 bits per heavy atom. The lowest BCUT2D eigenvalue weighted by Gasteiger charge is -2.05. The Morgan fingerprint density at radius 3 is 3.00 bits per heavy atom. The summed E-state index contributed by atoms with van der Waals surface area (Å²) in [6, 6.07) is 4.90. The lowest BCUT2D eigenvalue weighted by molar-refractivity contribution is 0.0713. The highest BCUT2D eigenvalue weighted by atomic mass is 16.5. The van der Waals surface area contributed by atoms with E-state index in [-0.39, 0.29) is 0 Å². The maximum Gasteiger partial charge on any atom is 0.142 e. The lowest BCUT2D eigenvalue weighted by atomic mass is 10.2. The molecule has 0 spiro atoms. The topological polar surface area (TPSA) is 39.1 Å². The third kappa shape index (κ3) is 2.72. The summed E-state index contributed by atoms with van der Waals surface area (Å²) >= 11 is 0. The van der Waals surface area contributed by atoms with Crippen LogP contribution in [-0.4, -0.2) is 22.2 Å². The largest absolute Gasteiger partial charge is 0.360 e. The van der Waals surface area contributed by atoms with E-state index in [0.29, 0.717) is 6.73 Å². The van der Waals surface area contributed by atoms with Gasteiger partial charge in [0.25, 0.3) is 0 Å². The van der Waals surface area contributed by atoms with Gasteiger partial charge in [-0.3, -0.25) is 0 Å². The van der Waals surface area contributed by atoms with Gasteiger partial charge in [-0.05, 0) is 49.3 Å². The summed E-state index contributed by atoms with van der Waals surface area (Å²) < 4.78 is 7.95. The van der Waals surface area contributed by atoms with Gasteiger partial charge in [0, 0.05) is 30.4 Å². The van der Waals surface area contributed by atoms with Crippen molar-refractivity contribution < 1.29 is 4.74 Å². The Balaban J connectivity index is 1.51. The first-order valence-corrected chi connectivity index (χ1v) is 7.64. The van der Waals surface area contributed by atoms with Crippen LogP contribution in [0.2, 0.25) is 0 Å². The van der Waals surface area contributed by atoms with Gasteiger partial charge in [-0.25, -0.2) is 4.98 Å².